The summed E-state index contributed by atoms with van der Waals surface area (Å²) in [7, 11) is 0. The molecule has 38 heavy (non-hydrogen) atoms. The van der Waals surface area contributed by atoms with Gasteiger partial charge >= 0.3 is 6.16 Å². The van der Waals surface area contributed by atoms with E-state index in [9.17, 15) is 4.79 Å². The zero-order valence-electron chi connectivity index (χ0n) is 25.8. The van der Waals surface area contributed by atoms with Crippen molar-refractivity contribution in [2.45, 2.75) is 181 Å². The highest BCUT2D eigenvalue weighted by molar-refractivity contribution is 5.59. The smallest absolute Gasteiger partial charge is 0.434 e. The Morgan fingerprint density at radius 3 is 1.16 bits per heavy atom. The molecule has 0 N–H and O–H groups in total. The molecule has 3 nitrogen and oxygen atoms in total. The van der Waals surface area contributed by atoms with E-state index in [0.29, 0.717) is 13.2 Å². The summed E-state index contributed by atoms with van der Waals surface area (Å²) in [6.07, 6.45) is 42.0. The Balaban J connectivity index is 3.21. The molecule has 0 aromatic heterocycles. The van der Waals surface area contributed by atoms with Gasteiger partial charge in [-0.1, -0.05) is 160 Å². The fourth-order valence-corrected chi connectivity index (χ4v) is 4.74. The van der Waals surface area contributed by atoms with Crippen LogP contribution in [0.5, 0.6) is 0 Å². The first-order valence-corrected chi connectivity index (χ1v) is 16.9. The second-order valence-corrected chi connectivity index (χ2v) is 11.1. The normalized spacial score (nSPS) is 11.6. The van der Waals surface area contributed by atoms with Crippen LogP contribution >= 0.6 is 0 Å². The van der Waals surface area contributed by atoms with Crippen LogP contribution < -0.4 is 0 Å². The molecule has 0 saturated carbocycles. The monoisotopic (exact) mass is 535 g/mol. The number of ether oxygens (including phenoxy) is 2. The summed E-state index contributed by atoms with van der Waals surface area (Å²) in [5.41, 5.74) is 0. The van der Waals surface area contributed by atoms with Gasteiger partial charge in [0.1, 0.15) is 0 Å². The number of hydrogen-bond donors (Lipinski definition) is 0. The van der Waals surface area contributed by atoms with E-state index in [1.807, 2.05) is 0 Å². The average Bonchev–Trinajstić information content (AvgIpc) is 2.92. The van der Waals surface area contributed by atoms with Gasteiger partial charge in [-0.2, -0.15) is 0 Å². The molecule has 224 valence electrons. The maximum absolute atomic E-state index is 11.7. The largest absolute Gasteiger partial charge is 0.508 e. The van der Waals surface area contributed by atoms with Crippen molar-refractivity contribution in [3.63, 3.8) is 0 Å². The van der Waals surface area contributed by atoms with Gasteiger partial charge in [0.2, 0.25) is 0 Å². The van der Waals surface area contributed by atoms with E-state index in [0.717, 1.165) is 32.1 Å². The van der Waals surface area contributed by atoms with Crippen LogP contribution in [0.2, 0.25) is 0 Å². The Morgan fingerprint density at radius 1 is 0.421 bits per heavy atom. The minimum Gasteiger partial charge on any atom is -0.434 e. The molecular weight excluding hydrogens is 468 g/mol. The fraction of sp³-hybridized carbons (Fsp3) is 0.857. The van der Waals surface area contributed by atoms with Gasteiger partial charge in [0.15, 0.2) is 0 Å². The second-order valence-electron chi connectivity index (χ2n) is 11.1. The van der Waals surface area contributed by atoms with Crippen molar-refractivity contribution in [1.29, 1.82) is 0 Å². The maximum Gasteiger partial charge on any atom is 0.508 e. The van der Waals surface area contributed by atoms with Crippen LogP contribution in [-0.4, -0.2) is 19.4 Å². The van der Waals surface area contributed by atoms with Crippen molar-refractivity contribution in [3.05, 3.63) is 24.3 Å². The Hall–Kier alpha value is -1.25. The average molecular weight is 535 g/mol. The predicted molar refractivity (Wildman–Crippen MR) is 167 cm³/mol. The van der Waals surface area contributed by atoms with Crippen molar-refractivity contribution in [3.8, 4) is 0 Å². The van der Waals surface area contributed by atoms with Crippen molar-refractivity contribution in [2.75, 3.05) is 13.2 Å². The lowest BCUT2D eigenvalue weighted by molar-refractivity contribution is 0.0529. The van der Waals surface area contributed by atoms with Gasteiger partial charge in [0, 0.05) is 0 Å². The maximum atomic E-state index is 11.7. The third-order valence-electron chi connectivity index (χ3n) is 7.28. The number of hydrogen-bond acceptors (Lipinski definition) is 3. The molecule has 0 rings (SSSR count). The quantitative estimate of drug-likeness (QED) is 0.0522. The molecule has 0 fully saturated rings. The Bertz CT molecular complexity index is 511. The summed E-state index contributed by atoms with van der Waals surface area (Å²) in [4.78, 5) is 11.7. The SMILES string of the molecule is CCCCC/C=C\C/C=C\CCCCCCCCOC(=O)OCCCCCCCCCCCCCCCC. The molecule has 0 unspecified atom stereocenters. The number of allylic oxidation sites excluding steroid dienone is 4. The van der Waals surface area contributed by atoms with Crippen LogP contribution in [0.25, 0.3) is 0 Å². The Labute approximate surface area is 238 Å². The molecule has 0 amide bonds. The van der Waals surface area contributed by atoms with E-state index < -0.39 is 6.16 Å². The fourth-order valence-electron chi connectivity index (χ4n) is 4.74. The van der Waals surface area contributed by atoms with Crippen molar-refractivity contribution >= 4 is 6.16 Å². The lowest BCUT2D eigenvalue weighted by atomic mass is 10.0. The highest BCUT2D eigenvalue weighted by Crippen LogP contribution is 2.13. The third kappa shape index (κ3) is 32.8. The van der Waals surface area contributed by atoms with Crippen LogP contribution in [-0.2, 0) is 9.47 Å². The minimum absolute atomic E-state index is 0.484. The Morgan fingerprint density at radius 2 is 0.737 bits per heavy atom. The molecule has 0 spiro atoms. The highest BCUT2D eigenvalue weighted by Gasteiger charge is 2.03. The minimum atomic E-state index is -0.484. The van der Waals surface area contributed by atoms with Crippen molar-refractivity contribution in [2.24, 2.45) is 0 Å². The van der Waals surface area contributed by atoms with Crippen molar-refractivity contribution < 1.29 is 14.3 Å². The molecule has 0 aromatic carbocycles. The summed E-state index contributed by atoms with van der Waals surface area (Å²) in [6, 6.07) is 0. The van der Waals surface area contributed by atoms with Gasteiger partial charge in [-0.05, 0) is 44.9 Å². The van der Waals surface area contributed by atoms with Gasteiger partial charge in [0.05, 0.1) is 13.2 Å². The zero-order chi connectivity index (χ0) is 27.6. The van der Waals surface area contributed by atoms with Crippen molar-refractivity contribution in [1.82, 2.24) is 0 Å². The molecule has 0 heterocycles. The van der Waals surface area contributed by atoms with Crippen LogP contribution in [0.4, 0.5) is 4.79 Å². The molecule has 0 atom stereocenters. The molecular formula is C35H66O3. The second kappa shape index (κ2) is 33.8. The van der Waals surface area contributed by atoms with E-state index in [1.54, 1.807) is 0 Å². The molecule has 0 bridgehead atoms. The van der Waals surface area contributed by atoms with Crippen LogP contribution in [0, 0.1) is 0 Å². The molecule has 0 saturated heterocycles. The van der Waals surface area contributed by atoms with E-state index in [4.69, 9.17) is 9.47 Å². The molecule has 3 heteroatoms. The predicted octanol–water partition coefficient (Wildman–Crippen LogP) is 12.4. The number of unbranched alkanes of at least 4 members (excludes halogenated alkanes) is 22. The first-order valence-electron chi connectivity index (χ1n) is 16.9. The van der Waals surface area contributed by atoms with Gasteiger partial charge < -0.3 is 9.47 Å². The Kier molecular flexibility index (Phi) is 32.7. The summed E-state index contributed by atoms with van der Waals surface area (Å²) in [5, 5.41) is 0. The summed E-state index contributed by atoms with van der Waals surface area (Å²) in [5.74, 6) is 0. The number of carbonyl (C=O) groups is 1. The first-order chi connectivity index (χ1) is 18.8. The summed E-state index contributed by atoms with van der Waals surface area (Å²) in [6.45, 7) is 5.52. The van der Waals surface area contributed by atoms with E-state index in [-0.39, 0.29) is 0 Å². The van der Waals surface area contributed by atoms with Crippen LogP contribution in [0.1, 0.15) is 181 Å². The molecule has 0 aliphatic carbocycles. The lowest BCUT2D eigenvalue weighted by Crippen LogP contribution is -2.09. The standard InChI is InChI=1S/C35H66O3/c1-3-5-7-9-11-13-15-17-19-20-22-24-26-28-30-32-34-38-35(36)37-33-31-29-27-25-23-21-18-16-14-12-10-8-6-4-2/h11,13,17,19H,3-10,12,14-16,18,20-34H2,1-2H3/b13-11-,19-17-. The third-order valence-corrected chi connectivity index (χ3v) is 7.28. The van der Waals surface area contributed by atoms with Crippen LogP contribution in [0.15, 0.2) is 24.3 Å². The topological polar surface area (TPSA) is 35.5 Å². The zero-order valence-corrected chi connectivity index (χ0v) is 25.8. The van der Waals surface area contributed by atoms with Gasteiger partial charge in [-0.15, -0.1) is 0 Å². The van der Waals surface area contributed by atoms with E-state index in [1.165, 1.54) is 135 Å². The number of rotatable bonds is 30. The van der Waals surface area contributed by atoms with Gasteiger partial charge in [-0.25, -0.2) is 4.79 Å². The molecule has 0 aliphatic heterocycles. The summed E-state index contributed by atoms with van der Waals surface area (Å²) >= 11 is 0. The summed E-state index contributed by atoms with van der Waals surface area (Å²) < 4.78 is 10.4. The van der Waals surface area contributed by atoms with Gasteiger partial charge in [-0.3, -0.25) is 0 Å². The molecule has 0 aliphatic rings. The first kappa shape index (κ1) is 36.8. The lowest BCUT2D eigenvalue weighted by Gasteiger charge is -2.06. The van der Waals surface area contributed by atoms with E-state index in [2.05, 4.69) is 38.2 Å². The molecule has 0 radical (unpaired) electrons. The van der Waals surface area contributed by atoms with Crippen LogP contribution in [0.3, 0.4) is 0 Å². The molecule has 0 aromatic rings. The number of carbonyl (C=O) groups excluding carboxylic acids is 1. The highest BCUT2D eigenvalue weighted by atomic mass is 16.7. The van der Waals surface area contributed by atoms with E-state index >= 15 is 0 Å². The van der Waals surface area contributed by atoms with Gasteiger partial charge in [0.25, 0.3) is 0 Å².